The van der Waals surface area contributed by atoms with Crippen molar-refractivity contribution in [1.29, 1.82) is 0 Å². The summed E-state index contributed by atoms with van der Waals surface area (Å²) in [5.74, 6) is -0.992. The number of anilines is 2. The maximum atomic E-state index is 12.6. The van der Waals surface area contributed by atoms with Crippen LogP contribution >= 0.6 is 11.6 Å². The quantitative estimate of drug-likeness (QED) is 0.624. The molecule has 2 amide bonds. The molecule has 1 aliphatic rings. The van der Waals surface area contributed by atoms with Crippen LogP contribution in [-0.2, 0) is 9.59 Å². The third-order valence-electron chi connectivity index (χ3n) is 4.30. The molecule has 1 atom stereocenters. The van der Waals surface area contributed by atoms with Crippen molar-refractivity contribution in [3.05, 3.63) is 57.6 Å². The van der Waals surface area contributed by atoms with Crippen LogP contribution < -0.4 is 15.0 Å². The number of hydrogen-bond acceptors (Lipinski definition) is 5. The molecule has 9 heteroatoms. The first-order chi connectivity index (χ1) is 12.9. The lowest BCUT2D eigenvalue weighted by atomic mass is 10.1. The molecule has 3 rings (SSSR count). The smallest absolute Gasteiger partial charge is 0.293 e. The van der Waals surface area contributed by atoms with Gasteiger partial charge in [-0.1, -0.05) is 23.7 Å². The lowest BCUT2D eigenvalue weighted by Crippen LogP contribution is -2.28. The summed E-state index contributed by atoms with van der Waals surface area (Å²) in [5, 5.41) is 14.1. The van der Waals surface area contributed by atoms with E-state index in [0.29, 0.717) is 16.5 Å². The van der Waals surface area contributed by atoms with Crippen LogP contribution in [0, 0.1) is 16.0 Å². The fraction of sp³-hybridized carbons (Fsp3) is 0.222. The fourth-order valence-corrected chi connectivity index (χ4v) is 3.16. The van der Waals surface area contributed by atoms with Gasteiger partial charge in [0.15, 0.2) is 0 Å². The second kappa shape index (κ2) is 7.63. The van der Waals surface area contributed by atoms with Crippen LogP contribution in [0.4, 0.5) is 17.1 Å². The van der Waals surface area contributed by atoms with E-state index in [2.05, 4.69) is 5.32 Å². The average Bonchev–Trinajstić information content (AvgIpc) is 3.03. The predicted octanol–water partition coefficient (Wildman–Crippen LogP) is 3.25. The van der Waals surface area contributed by atoms with E-state index in [-0.39, 0.29) is 30.2 Å². The van der Waals surface area contributed by atoms with Gasteiger partial charge in [0, 0.05) is 25.1 Å². The number of nitrogens with one attached hydrogen (secondary N) is 1. The van der Waals surface area contributed by atoms with Crippen LogP contribution in [0.2, 0.25) is 5.02 Å². The Morgan fingerprint density at radius 3 is 2.74 bits per heavy atom. The van der Waals surface area contributed by atoms with E-state index in [4.69, 9.17) is 16.3 Å². The molecular formula is C18H16ClN3O5. The van der Waals surface area contributed by atoms with E-state index in [1.54, 1.807) is 24.3 Å². The van der Waals surface area contributed by atoms with Crippen molar-refractivity contribution >= 4 is 40.5 Å². The Kier molecular flexibility index (Phi) is 5.27. The minimum atomic E-state index is -0.653. The Balaban J connectivity index is 1.79. The lowest BCUT2D eigenvalue weighted by Gasteiger charge is -2.18. The summed E-state index contributed by atoms with van der Waals surface area (Å²) in [6.07, 6.45) is -0.00514. The highest BCUT2D eigenvalue weighted by Crippen LogP contribution is 2.33. The zero-order valence-electron chi connectivity index (χ0n) is 14.3. The first-order valence-corrected chi connectivity index (χ1v) is 8.46. The Bertz CT molecular complexity index is 918. The standard InChI is InChI=1S/C18H16ClN3O5/c1-27-12-6-7-16(22(25)26)14(9-12)20-18(24)11-8-17(23)21(10-11)15-5-3-2-4-13(15)19/h2-7,9,11H,8,10H2,1H3,(H,20,24)/t11-/m0/s1. The second-order valence-corrected chi connectivity index (χ2v) is 6.39. The average molecular weight is 390 g/mol. The SMILES string of the molecule is COc1ccc([N+](=O)[O-])c(NC(=O)[C@H]2CC(=O)N(c3ccccc3Cl)C2)c1. The third-order valence-corrected chi connectivity index (χ3v) is 4.62. The number of benzene rings is 2. The van der Waals surface area contributed by atoms with Gasteiger partial charge in [-0.05, 0) is 18.2 Å². The number of methoxy groups -OCH3 is 1. The van der Waals surface area contributed by atoms with Crippen LogP contribution in [0.15, 0.2) is 42.5 Å². The number of carbonyl (C=O) groups excluding carboxylic acids is 2. The maximum Gasteiger partial charge on any atom is 0.293 e. The summed E-state index contributed by atoms with van der Waals surface area (Å²) in [6.45, 7) is 0.145. The maximum absolute atomic E-state index is 12.6. The molecule has 1 saturated heterocycles. The van der Waals surface area contributed by atoms with Crippen molar-refractivity contribution in [3.8, 4) is 5.75 Å². The van der Waals surface area contributed by atoms with Crippen LogP contribution in [0.3, 0.4) is 0 Å². The third kappa shape index (κ3) is 3.85. The van der Waals surface area contributed by atoms with Gasteiger partial charge < -0.3 is 15.0 Å². The molecule has 27 heavy (non-hydrogen) atoms. The molecule has 0 spiro atoms. The summed E-state index contributed by atoms with van der Waals surface area (Å²) < 4.78 is 5.05. The van der Waals surface area contributed by atoms with Gasteiger partial charge in [-0.15, -0.1) is 0 Å². The van der Waals surface area contributed by atoms with Crippen molar-refractivity contribution in [1.82, 2.24) is 0 Å². The summed E-state index contributed by atoms with van der Waals surface area (Å²) in [7, 11) is 1.42. The van der Waals surface area contributed by atoms with Gasteiger partial charge in [0.1, 0.15) is 11.4 Å². The van der Waals surface area contributed by atoms with Gasteiger partial charge in [0.2, 0.25) is 11.8 Å². The second-order valence-electron chi connectivity index (χ2n) is 5.99. The molecule has 0 bridgehead atoms. The molecule has 8 nitrogen and oxygen atoms in total. The largest absolute Gasteiger partial charge is 0.497 e. The number of rotatable bonds is 5. The molecule has 1 aliphatic heterocycles. The highest BCUT2D eigenvalue weighted by atomic mass is 35.5. The van der Waals surface area contributed by atoms with Gasteiger partial charge in [-0.2, -0.15) is 0 Å². The Hall–Kier alpha value is -3.13. The first-order valence-electron chi connectivity index (χ1n) is 8.09. The van der Waals surface area contributed by atoms with E-state index < -0.39 is 16.7 Å². The molecular weight excluding hydrogens is 374 g/mol. The monoisotopic (exact) mass is 389 g/mol. The van der Waals surface area contributed by atoms with Gasteiger partial charge in [-0.3, -0.25) is 19.7 Å². The summed E-state index contributed by atoms with van der Waals surface area (Å²) in [4.78, 5) is 37.0. The van der Waals surface area contributed by atoms with Crippen molar-refractivity contribution in [2.45, 2.75) is 6.42 Å². The van der Waals surface area contributed by atoms with E-state index in [1.807, 2.05) is 0 Å². The molecule has 0 radical (unpaired) electrons. The van der Waals surface area contributed by atoms with Crippen LogP contribution in [0.1, 0.15) is 6.42 Å². The number of ether oxygens (including phenoxy) is 1. The lowest BCUT2D eigenvalue weighted by molar-refractivity contribution is -0.383. The molecule has 1 fully saturated rings. The van der Waals surface area contributed by atoms with E-state index in [0.717, 1.165) is 0 Å². The minimum Gasteiger partial charge on any atom is -0.497 e. The molecule has 140 valence electrons. The zero-order chi connectivity index (χ0) is 19.6. The van der Waals surface area contributed by atoms with Crippen molar-refractivity contribution in [3.63, 3.8) is 0 Å². The van der Waals surface area contributed by atoms with Gasteiger partial charge in [0.25, 0.3) is 5.69 Å². The minimum absolute atomic E-state index is 0.00514. The Labute approximate surface area is 159 Å². The Morgan fingerprint density at radius 2 is 2.07 bits per heavy atom. The molecule has 1 heterocycles. The van der Waals surface area contributed by atoms with Crippen LogP contribution in [0.5, 0.6) is 5.75 Å². The van der Waals surface area contributed by atoms with E-state index >= 15 is 0 Å². The van der Waals surface area contributed by atoms with Crippen molar-refractivity contribution in [2.75, 3.05) is 23.9 Å². The van der Waals surface area contributed by atoms with Gasteiger partial charge in [-0.25, -0.2) is 0 Å². The zero-order valence-corrected chi connectivity index (χ0v) is 15.1. The highest BCUT2D eigenvalue weighted by molar-refractivity contribution is 6.33. The fourth-order valence-electron chi connectivity index (χ4n) is 2.92. The molecule has 0 saturated carbocycles. The number of halogens is 1. The normalized spacial score (nSPS) is 16.3. The first kappa shape index (κ1) is 18.7. The number of nitro groups is 1. The molecule has 0 aromatic heterocycles. The number of para-hydroxylation sites is 1. The highest BCUT2D eigenvalue weighted by Gasteiger charge is 2.36. The van der Waals surface area contributed by atoms with Crippen LogP contribution in [0.25, 0.3) is 0 Å². The Morgan fingerprint density at radius 1 is 1.33 bits per heavy atom. The van der Waals surface area contributed by atoms with E-state index in [9.17, 15) is 19.7 Å². The van der Waals surface area contributed by atoms with Gasteiger partial charge in [0.05, 0.1) is 28.7 Å². The topological polar surface area (TPSA) is 102 Å². The summed E-state index contributed by atoms with van der Waals surface area (Å²) >= 11 is 6.13. The van der Waals surface area contributed by atoms with Crippen molar-refractivity contribution < 1.29 is 19.2 Å². The number of nitro benzene ring substituents is 1. The molecule has 0 unspecified atom stereocenters. The van der Waals surface area contributed by atoms with Crippen molar-refractivity contribution in [2.24, 2.45) is 5.92 Å². The number of carbonyl (C=O) groups is 2. The molecule has 1 N–H and O–H groups in total. The van der Waals surface area contributed by atoms with Gasteiger partial charge >= 0.3 is 0 Å². The number of hydrogen-bond donors (Lipinski definition) is 1. The summed E-state index contributed by atoms with van der Waals surface area (Å²) in [5.41, 5.74) is 0.302. The molecule has 0 aliphatic carbocycles. The number of amides is 2. The van der Waals surface area contributed by atoms with E-state index in [1.165, 1.54) is 30.2 Å². The van der Waals surface area contributed by atoms with Crippen LogP contribution in [-0.4, -0.2) is 30.4 Å². The molecule has 2 aromatic rings. The summed E-state index contributed by atoms with van der Waals surface area (Å²) in [6, 6.07) is 10.9. The predicted molar refractivity (Wildman–Crippen MR) is 100 cm³/mol. The number of nitrogens with zero attached hydrogens (tertiary/aromatic N) is 2. The molecule has 2 aromatic carbocycles.